The molecule has 3 heterocycles. The van der Waals surface area contributed by atoms with Gasteiger partial charge in [0.25, 0.3) is 0 Å². The second-order valence-corrected chi connectivity index (χ2v) is 8.44. The van der Waals surface area contributed by atoms with Crippen molar-refractivity contribution < 1.29 is 9.53 Å². The van der Waals surface area contributed by atoms with Crippen molar-refractivity contribution in [3.05, 3.63) is 84.7 Å². The van der Waals surface area contributed by atoms with Gasteiger partial charge >= 0.3 is 0 Å². The molecule has 2 aliphatic heterocycles. The van der Waals surface area contributed by atoms with Gasteiger partial charge in [0.2, 0.25) is 5.91 Å². The normalized spacial score (nSPS) is 31.3. The number of fused-ring (bicyclic) bond motifs is 5. The van der Waals surface area contributed by atoms with E-state index in [9.17, 15) is 4.79 Å². The Kier molecular flexibility index (Phi) is 3.51. The van der Waals surface area contributed by atoms with Crippen LogP contribution in [0.4, 0.5) is 5.69 Å². The van der Waals surface area contributed by atoms with E-state index in [4.69, 9.17) is 4.74 Å². The zero-order valence-electron chi connectivity index (χ0n) is 16.0. The highest BCUT2D eigenvalue weighted by Crippen LogP contribution is 2.77. The van der Waals surface area contributed by atoms with Crippen molar-refractivity contribution in [2.75, 3.05) is 5.32 Å². The summed E-state index contributed by atoms with van der Waals surface area (Å²) in [6.07, 6.45) is 6.67. The molecular weight excluding hydrogens is 360 g/mol. The van der Waals surface area contributed by atoms with Gasteiger partial charge in [-0.2, -0.15) is 0 Å². The van der Waals surface area contributed by atoms with Crippen molar-refractivity contribution in [3.63, 3.8) is 0 Å². The number of aromatic nitrogens is 1. The zero-order valence-corrected chi connectivity index (χ0v) is 16.0. The van der Waals surface area contributed by atoms with Gasteiger partial charge in [0.1, 0.15) is 0 Å². The van der Waals surface area contributed by atoms with Gasteiger partial charge in [0.05, 0.1) is 17.6 Å². The third-order valence-electron chi connectivity index (χ3n) is 7.20. The van der Waals surface area contributed by atoms with E-state index in [1.54, 1.807) is 0 Å². The molecule has 4 nitrogen and oxygen atoms in total. The lowest BCUT2D eigenvalue weighted by Gasteiger charge is -2.26. The molecule has 2 aromatic carbocycles. The fraction of sp³-hybridized carbons (Fsp3) is 0.280. The van der Waals surface area contributed by atoms with Crippen molar-refractivity contribution in [1.29, 1.82) is 0 Å². The van der Waals surface area contributed by atoms with Gasteiger partial charge in [-0.3, -0.25) is 9.78 Å². The first-order valence-corrected chi connectivity index (χ1v) is 10.3. The first-order chi connectivity index (χ1) is 14.2. The summed E-state index contributed by atoms with van der Waals surface area (Å²) in [6, 6.07) is 22.4. The average molecular weight is 382 g/mol. The van der Waals surface area contributed by atoms with Gasteiger partial charge in [0, 0.05) is 23.5 Å². The minimum Gasteiger partial charge on any atom is -0.373 e. The Balaban J connectivity index is 1.28. The molecule has 4 heteroatoms. The van der Waals surface area contributed by atoms with Gasteiger partial charge in [0.15, 0.2) is 0 Å². The first kappa shape index (κ1) is 16.9. The van der Waals surface area contributed by atoms with E-state index in [0.717, 1.165) is 30.5 Å². The van der Waals surface area contributed by atoms with Crippen molar-refractivity contribution in [3.8, 4) is 11.1 Å². The van der Waals surface area contributed by atoms with Crippen LogP contribution in [-0.4, -0.2) is 23.1 Å². The van der Waals surface area contributed by atoms with Crippen LogP contribution in [0.1, 0.15) is 24.8 Å². The number of nitrogens with zero attached hydrogens (tertiary/aromatic N) is 1. The van der Waals surface area contributed by atoms with Gasteiger partial charge in [-0.25, -0.2) is 0 Å². The van der Waals surface area contributed by atoms with Crippen LogP contribution in [0.2, 0.25) is 0 Å². The molecule has 3 aliphatic rings. The molecule has 1 N–H and O–H groups in total. The largest absolute Gasteiger partial charge is 0.373 e. The molecule has 1 aliphatic carbocycles. The number of hydrogen-bond acceptors (Lipinski definition) is 3. The Morgan fingerprint density at radius 1 is 0.897 bits per heavy atom. The number of amides is 1. The SMILES string of the molecule is O=C(Nc1ccc(-c2ccccc2)cc1)C12CC1(c1ccncc1)C1CCC2O1. The number of hydrogen-bond donors (Lipinski definition) is 1. The molecule has 4 unspecified atom stereocenters. The van der Waals surface area contributed by atoms with E-state index < -0.39 is 5.41 Å². The number of pyridine rings is 1. The fourth-order valence-corrected chi connectivity index (χ4v) is 5.80. The number of nitrogens with one attached hydrogen (secondary N) is 1. The molecule has 3 fully saturated rings. The standard InChI is InChI=1S/C25H22N2O2/c28-23(27-20-8-6-18(7-9-20)17-4-2-1-3-5-17)25-16-24(25,19-12-14-26-15-13-19)21-10-11-22(25)29-21/h1-9,12-15,21-22H,10-11,16H2,(H,27,28). The highest BCUT2D eigenvalue weighted by molar-refractivity contribution is 6.01. The molecule has 1 aromatic heterocycles. The minimum absolute atomic E-state index is 0.0178. The summed E-state index contributed by atoms with van der Waals surface area (Å²) in [5.74, 6) is 0.0916. The number of carbonyl (C=O) groups excluding carboxylic acids is 1. The Hall–Kier alpha value is -2.98. The van der Waals surface area contributed by atoms with Gasteiger partial charge in [-0.1, -0.05) is 42.5 Å². The molecule has 2 saturated heterocycles. The maximum atomic E-state index is 13.5. The number of rotatable bonds is 4. The number of anilines is 1. The molecule has 0 spiro atoms. The summed E-state index contributed by atoms with van der Waals surface area (Å²) in [6.45, 7) is 0. The molecule has 1 saturated carbocycles. The Morgan fingerprint density at radius 2 is 1.59 bits per heavy atom. The van der Waals surface area contributed by atoms with Crippen LogP contribution in [0, 0.1) is 5.41 Å². The smallest absolute Gasteiger partial charge is 0.234 e. The molecule has 2 bridgehead atoms. The third kappa shape index (κ3) is 2.24. The van der Waals surface area contributed by atoms with Crippen LogP contribution in [0.25, 0.3) is 11.1 Å². The lowest BCUT2D eigenvalue weighted by atomic mass is 9.75. The molecule has 1 amide bonds. The van der Waals surface area contributed by atoms with Crippen LogP contribution < -0.4 is 5.32 Å². The van der Waals surface area contributed by atoms with Crippen LogP contribution in [0.15, 0.2) is 79.1 Å². The predicted molar refractivity (Wildman–Crippen MR) is 111 cm³/mol. The summed E-state index contributed by atoms with van der Waals surface area (Å²) in [4.78, 5) is 17.7. The lowest BCUT2D eigenvalue weighted by Crippen LogP contribution is -2.39. The molecule has 4 atom stereocenters. The van der Waals surface area contributed by atoms with E-state index in [1.807, 2.05) is 54.9 Å². The van der Waals surface area contributed by atoms with Crippen LogP contribution in [0.3, 0.4) is 0 Å². The van der Waals surface area contributed by atoms with E-state index in [1.165, 1.54) is 11.1 Å². The second kappa shape index (κ2) is 6.01. The van der Waals surface area contributed by atoms with Crippen molar-refractivity contribution in [2.24, 2.45) is 5.41 Å². The molecule has 6 rings (SSSR count). The summed E-state index contributed by atoms with van der Waals surface area (Å²) in [7, 11) is 0. The zero-order chi connectivity index (χ0) is 19.5. The van der Waals surface area contributed by atoms with Crippen molar-refractivity contribution in [2.45, 2.75) is 36.9 Å². The predicted octanol–water partition coefficient (Wildman–Crippen LogP) is 4.58. The Labute approximate surface area is 169 Å². The van der Waals surface area contributed by atoms with Gasteiger partial charge in [-0.05, 0) is 60.2 Å². The van der Waals surface area contributed by atoms with E-state index in [-0.39, 0.29) is 23.5 Å². The minimum atomic E-state index is -0.449. The topological polar surface area (TPSA) is 51.2 Å². The number of carbonyl (C=O) groups is 1. The van der Waals surface area contributed by atoms with Crippen LogP contribution in [-0.2, 0) is 14.9 Å². The Bertz CT molecular complexity index is 1070. The summed E-state index contributed by atoms with van der Waals surface area (Å²) in [5.41, 5.74) is 3.70. The summed E-state index contributed by atoms with van der Waals surface area (Å²) < 4.78 is 6.25. The monoisotopic (exact) mass is 382 g/mol. The average Bonchev–Trinajstić information content (AvgIpc) is 3.19. The quantitative estimate of drug-likeness (QED) is 0.719. The van der Waals surface area contributed by atoms with Gasteiger partial charge < -0.3 is 10.1 Å². The van der Waals surface area contributed by atoms with Crippen LogP contribution in [0.5, 0.6) is 0 Å². The van der Waals surface area contributed by atoms with E-state index in [0.29, 0.717) is 0 Å². The summed E-state index contributed by atoms with van der Waals surface area (Å²) >= 11 is 0. The highest BCUT2D eigenvalue weighted by atomic mass is 16.5. The highest BCUT2D eigenvalue weighted by Gasteiger charge is 2.85. The molecule has 29 heavy (non-hydrogen) atoms. The summed E-state index contributed by atoms with van der Waals surface area (Å²) in [5, 5.41) is 3.19. The molecule has 144 valence electrons. The maximum Gasteiger partial charge on any atom is 0.234 e. The molecular formula is C25H22N2O2. The van der Waals surface area contributed by atoms with Crippen LogP contribution >= 0.6 is 0 Å². The first-order valence-electron chi connectivity index (χ1n) is 10.3. The lowest BCUT2D eigenvalue weighted by molar-refractivity contribution is -0.124. The maximum absolute atomic E-state index is 13.5. The Morgan fingerprint density at radius 3 is 2.34 bits per heavy atom. The fourth-order valence-electron chi connectivity index (χ4n) is 5.80. The van der Waals surface area contributed by atoms with E-state index in [2.05, 4.69) is 34.6 Å². The number of ether oxygens (including phenoxy) is 1. The number of benzene rings is 2. The molecule has 3 aromatic rings. The van der Waals surface area contributed by atoms with Gasteiger partial charge in [-0.15, -0.1) is 0 Å². The van der Waals surface area contributed by atoms with Crippen molar-refractivity contribution in [1.82, 2.24) is 4.98 Å². The molecule has 0 radical (unpaired) electrons. The van der Waals surface area contributed by atoms with E-state index >= 15 is 0 Å². The second-order valence-electron chi connectivity index (χ2n) is 8.44. The third-order valence-corrected chi connectivity index (χ3v) is 7.20. The van der Waals surface area contributed by atoms with Crippen molar-refractivity contribution >= 4 is 11.6 Å².